The van der Waals surface area contributed by atoms with E-state index >= 15 is 0 Å². The van der Waals surface area contributed by atoms with Crippen molar-refractivity contribution in [2.24, 2.45) is 11.8 Å². The van der Waals surface area contributed by atoms with E-state index in [9.17, 15) is 9.90 Å². The van der Waals surface area contributed by atoms with Crippen molar-refractivity contribution in [3.05, 3.63) is 47.0 Å². The van der Waals surface area contributed by atoms with Crippen LogP contribution >= 0.6 is 12.4 Å². The number of carboxylic acids is 1. The number of carboxylic acid groups (broad SMARTS) is 1. The maximum atomic E-state index is 12.2. The molecule has 0 spiro atoms. The molecule has 0 saturated heterocycles. The second kappa shape index (κ2) is 17.4. The Hall–Kier alpha value is -2.68. The first kappa shape index (κ1) is 35.5. The SMILES string of the molecule is COCCCOc1ccc(CCCNCCC2CCc3cc(OC)c(OC)cc3C2(CC(=O)O)C(C)C)cc1OC.Cl. The zero-order chi connectivity index (χ0) is 29.8. The number of methoxy groups -OCH3 is 4. The van der Waals surface area contributed by atoms with Gasteiger partial charge < -0.3 is 34.1 Å². The van der Waals surface area contributed by atoms with E-state index in [1.165, 1.54) is 11.1 Å². The molecular weight excluding hydrogens is 558 g/mol. The van der Waals surface area contributed by atoms with E-state index in [0.717, 1.165) is 68.7 Å². The number of ether oxygens (including phenoxy) is 5. The predicted molar refractivity (Wildman–Crippen MR) is 168 cm³/mol. The smallest absolute Gasteiger partial charge is 0.304 e. The summed E-state index contributed by atoms with van der Waals surface area (Å²) in [6.45, 7) is 7.30. The number of carbonyl (C=O) groups is 1. The van der Waals surface area contributed by atoms with Crippen LogP contribution in [0.2, 0.25) is 0 Å². The molecule has 1 aliphatic carbocycles. The first-order valence-corrected chi connectivity index (χ1v) is 14.8. The standard InChI is InChI=1S/C33H49NO7.ClH/c1-23(2)33(22-32(35)36)26(12-11-25-20-30(39-5)31(40-6)21-27(25)33)14-16-34-15-7-9-24-10-13-28(29(19-24)38-4)41-18-8-17-37-3;/h10,13,19-21,23,26,34H,7-9,11-12,14-18,22H2,1-6H3,(H,35,36);1H. The third-order valence-corrected chi connectivity index (χ3v) is 8.54. The zero-order valence-electron chi connectivity index (χ0n) is 26.1. The molecule has 2 atom stereocenters. The topological polar surface area (TPSA) is 95.5 Å². The van der Waals surface area contributed by atoms with Crippen molar-refractivity contribution >= 4 is 18.4 Å². The summed E-state index contributed by atoms with van der Waals surface area (Å²) in [6, 6.07) is 10.2. The molecule has 0 saturated carbocycles. The van der Waals surface area contributed by atoms with E-state index in [4.69, 9.17) is 23.7 Å². The first-order chi connectivity index (χ1) is 19.8. The van der Waals surface area contributed by atoms with Crippen LogP contribution in [0, 0.1) is 11.8 Å². The quantitative estimate of drug-likeness (QED) is 0.197. The highest BCUT2D eigenvalue weighted by molar-refractivity contribution is 5.85. The lowest BCUT2D eigenvalue weighted by Crippen LogP contribution is -2.46. The Morgan fingerprint density at radius 2 is 1.64 bits per heavy atom. The van der Waals surface area contributed by atoms with Gasteiger partial charge in [0.2, 0.25) is 0 Å². The molecule has 236 valence electrons. The van der Waals surface area contributed by atoms with Gasteiger partial charge in [0, 0.05) is 25.6 Å². The van der Waals surface area contributed by atoms with Crippen LogP contribution < -0.4 is 24.3 Å². The van der Waals surface area contributed by atoms with Gasteiger partial charge in [0.25, 0.3) is 0 Å². The molecule has 2 unspecified atom stereocenters. The minimum absolute atomic E-state index is 0. The average Bonchev–Trinajstić information content (AvgIpc) is 2.97. The highest BCUT2D eigenvalue weighted by atomic mass is 35.5. The molecular formula is C33H50ClNO7. The predicted octanol–water partition coefficient (Wildman–Crippen LogP) is 6.09. The number of hydrogen-bond acceptors (Lipinski definition) is 7. The number of nitrogens with one attached hydrogen (secondary N) is 1. The van der Waals surface area contributed by atoms with Crippen LogP contribution in [0.15, 0.2) is 30.3 Å². The molecule has 2 N–H and O–H groups in total. The van der Waals surface area contributed by atoms with Gasteiger partial charge in [-0.05, 0) is 98.0 Å². The van der Waals surface area contributed by atoms with Crippen molar-refractivity contribution in [2.75, 3.05) is 54.7 Å². The van der Waals surface area contributed by atoms with Gasteiger partial charge in [0.15, 0.2) is 23.0 Å². The molecule has 8 nitrogen and oxygen atoms in total. The van der Waals surface area contributed by atoms with Gasteiger partial charge in [-0.3, -0.25) is 4.79 Å². The Kier molecular flexibility index (Phi) is 14.7. The Balaban J connectivity index is 0.00000616. The largest absolute Gasteiger partial charge is 0.493 e. The molecule has 3 rings (SSSR count). The summed E-state index contributed by atoms with van der Waals surface area (Å²) in [7, 11) is 6.62. The van der Waals surface area contributed by atoms with Gasteiger partial charge >= 0.3 is 5.97 Å². The lowest BCUT2D eigenvalue weighted by molar-refractivity contribution is -0.140. The Bertz CT molecular complexity index is 1130. The summed E-state index contributed by atoms with van der Waals surface area (Å²) in [5, 5.41) is 13.6. The van der Waals surface area contributed by atoms with E-state index in [1.807, 2.05) is 18.2 Å². The van der Waals surface area contributed by atoms with E-state index in [2.05, 4.69) is 31.3 Å². The monoisotopic (exact) mass is 607 g/mol. The maximum Gasteiger partial charge on any atom is 0.304 e. The van der Waals surface area contributed by atoms with Gasteiger partial charge in [0.05, 0.1) is 34.4 Å². The van der Waals surface area contributed by atoms with Gasteiger partial charge in [-0.15, -0.1) is 12.4 Å². The second-order valence-corrected chi connectivity index (χ2v) is 11.2. The van der Waals surface area contributed by atoms with Crippen LogP contribution in [0.3, 0.4) is 0 Å². The van der Waals surface area contributed by atoms with E-state index in [1.54, 1.807) is 28.4 Å². The number of benzene rings is 2. The molecule has 42 heavy (non-hydrogen) atoms. The van der Waals surface area contributed by atoms with Crippen LogP contribution in [0.1, 0.15) is 62.6 Å². The third-order valence-electron chi connectivity index (χ3n) is 8.54. The van der Waals surface area contributed by atoms with Crippen LogP contribution in [-0.2, 0) is 27.8 Å². The lowest BCUT2D eigenvalue weighted by atomic mass is 9.55. The summed E-state index contributed by atoms with van der Waals surface area (Å²) in [5.74, 6) is 2.50. The number of aliphatic carboxylic acids is 1. The van der Waals surface area contributed by atoms with Crippen LogP contribution in [0.25, 0.3) is 0 Å². The number of rotatable bonds is 18. The van der Waals surface area contributed by atoms with E-state index in [0.29, 0.717) is 24.7 Å². The maximum absolute atomic E-state index is 12.2. The molecule has 0 bridgehead atoms. The molecule has 2 aromatic rings. The Morgan fingerprint density at radius 1 is 0.952 bits per heavy atom. The van der Waals surface area contributed by atoms with Crippen molar-refractivity contribution in [1.82, 2.24) is 5.32 Å². The number of aryl methyl sites for hydroxylation is 2. The van der Waals surface area contributed by atoms with Crippen LogP contribution in [-0.4, -0.2) is 65.8 Å². The normalized spacial score (nSPS) is 17.7. The molecule has 9 heteroatoms. The molecule has 0 amide bonds. The van der Waals surface area contributed by atoms with Crippen molar-refractivity contribution in [2.45, 2.75) is 64.2 Å². The molecule has 0 aliphatic heterocycles. The summed E-state index contributed by atoms with van der Waals surface area (Å²) in [4.78, 5) is 12.2. The molecule has 1 aliphatic rings. The van der Waals surface area contributed by atoms with Crippen molar-refractivity contribution in [3.8, 4) is 23.0 Å². The average molecular weight is 608 g/mol. The highest BCUT2D eigenvalue weighted by Crippen LogP contribution is 2.52. The zero-order valence-corrected chi connectivity index (χ0v) is 26.9. The number of fused-ring (bicyclic) bond motifs is 1. The second-order valence-electron chi connectivity index (χ2n) is 11.2. The Labute approximate surface area is 257 Å². The van der Waals surface area contributed by atoms with Crippen molar-refractivity contribution in [3.63, 3.8) is 0 Å². The summed E-state index contributed by atoms with van der Waals surface area (Å²) in [6.07, 6.45) is 5.64. The van der Waals surface area contributed by atoms with Gasteiger partial charge in [-0.2, -0.15) is 0 Å². The van der Waals surface area contributed by atoms with Crippen LogP contribution in [0.5, 0.6) is 23.0 Å². The van der Waals surface area contributed by atoms with Gasteiger partial charge in [-0.1, -0.05) is 19.9 Å². The molecule has 0 radical (unpaired) electrons. The summed E-state index contributed by atoms with van der Waals surface area (Å²) >= 11 is 0. The molecule has 2 aromatic carbocycles. The summed E-state index contributed by atoms with van der Waals surface area (Å²) < 4.78 is 27.6. The number of hydrogen-bond donors (Lipinski definition) is 2. The minimum atomic E-state index is -0.763. The van der Waals surface area contributed by atoms with Crippen molar-refractivity contribution in [1.29, 1.82) is 0 Å². The fourth-order valence-electron chi connectivity index (χ4n) is 6.44. The fourth-order valence-corrected chi connectivity index (χ4v) is 6.44. The third kappa shape index (κ3) is 8.68. The molecule has 0 aromatic heterocycles. The highest BCUT2D eigenvalue weighted by Gasteiger charge is 2.48. The molecule has 0 heterocycles. The Morgan fingerprint density at radius 3 is 2.29 bits per heavy atom. The fraction of sp³-hybridized carbons (Fsp3) is 0.606. The minimum Gasteiger partial charge on any atom is -0.493 e. The summed E-state index contributed by atoms with van der Waals surface area (Å²) in [5.41, 5.74) is 3.01. The van der Waals surface area contributed by atoms with Gasteiger partial charge in [-0.25, -0.2) is 0 Å². The number of halogens is 1. The van der Waals surface area contributed by atoms with E-state index in [-0.39, 0.29) is 30.7 Å². The van der Waals surface area contributed by atoms with E-state index < -0.39 is 11.4 Å². The van der Waals surface area contributed by atoms with Gasteiger partial charge in [0.1, 0.15) is 0 Å². The first-order valence-electron chi connectivity index (χ1n) is 14.8. The van der Waals surface area contributed by atoms with Crippen molar-refractivity contribution < 1.29 is 33.6 Å². The molecule has 0 fully saturated rings. The lowest BCUT2D eigenvalue weighted by Gasteiger charge is -2.48. The van der Waals surface area contributed by atoms with Crippen LogP contribution in [0.4, 0.5) is 0 Å².